The smallest absolute Gasteiger partial charge is 0.303 e. The molecule has 0 radical (unpaired) electrons. The molecule has 3 aromatic rings. The van der Waals surface area contributed by atoms with Gasteiger partial charge in [0.25, 0.3) is 5.78 Å². The van der Waals surface area contributed by atoms with Crippen LogP contribution in [0, 0.1) is 5.82 Å². The van der Waals surface area contributed by atoms with Crippen molar-refractivity contribution >= 4 is 17.4 Å². The van der Waals surface area contributed by atoms with Crippen molar-refractivity contribution in [1.29, 1.82) is 0 Å². The van der Waals surface area contributed by atoms with E-state index in [1.54, 1.807) is 11.0 Å². The number of ketones is 1. The van der Waals surface area contributed by atoms with Gasteiger partial charge in [0.05, 0.1) is 24.0 Å². The van der Waals surface area contributed by atoms with Crippen molar-refractivity contribution in [3.63, 3.8) is 0 Å². The highest BCUT2D eigenvalue weighted by Crippen LogP contribution is 2.28. The Morgan fingerprint density at radius 1 is 1.14 bits per heavy atom. The van der Waals surface area contributed by atoms with Gasteiger partial charge >= 0.3 is 5.91 Å². The van der Waals surface area contributed by atoms with Gasteiger partial charge in [-0.25, -0.2) is 14.1 Å². The highest BCUT2D eigenvalue weighted by atomic mass is 19.1. The van der Waals surface area contributed by atoms with Gasteiger partial charge in [-0.1, -0.05) is 12.1 Å². The molecule has 8 heteroatoms. The molecule has 2 aromatic carbocycles. The molecule has 1 aromatic heterocycles. The van der Waals surface area contributed by atoms with Crippen molar-refractivity contribution in [3.05, 3.63) is 72.1 Å². The molecule has 0 fully saturated rings. The van der Waals surface area contributed by atoms with Crippen LogP contribution in [-0.4, -0.2) is 40.2 Å². The van der Waals surface area contributed by atoms with Crippen molar-refractivity contribution in [2.24, 2.45) is 0 Å². The monoisotopic (exact) mass is 380 g/mol. The van der Waals surface area contributed by atoms with E-state index in [4.69, 9.17) is 0 Å². The van der Waals surface area contributed by atoms with Crippen LogP contribution >= 0.6 is 0 Å². The van der Waals surface area contributed by atoms with Crippen molar-refractivity contribution in [3.8, 4) is 5.69 Å². The number of quaternary nitrogens is 1. The van der Waals surface area contributed by atoms with Crippen LogP contribution in [0.1, 0.15) is 28.9 Å². The van der Waals surface area contributed by atoms with E-state index in [2.05, 4.69) is 10.1 Å². The first-order valence-electron chi connectivity index (χ1n) is 8.88. The normalized spacial score (nSPS) is 15.6. The molecule has 4 rings (SSSR count). The Hall–Kier alpha value is -3.39. The predicted molar refractivity (Wildman–Crippen MR) is 99.7 cm³/mol. The number of anilines is 1. The summed E-state index contributed by atoms with van der Waals surface area (Å²) >= 11 is 0. The molecule has 7 nitrogen and oxygen atoms in total. The van der Waals surface area contributed by atoms with Crippen LogP contribution in [0.5, 0.6) is 0 Å². The third-order valence-corrected chi connectivity index (χ3v) is 5.16. The fourth-order valence-corrected chi connectivity index (χ4v) is 3.36. The molecule has 2 heterocycles. The Bertz CT molecular complexity index is 1030. The summed E-state index contributed by atoms with van der Waals surface area (Å²) in [6.45, 7) is 2.35. The Morgan fingerprint density at radius 3 is 2.57 bits per heavy atom. The number of carbonyl (C=O) groups excluding carboxylic acids is 2. The van der Waals surface area contributed by atoms with Crippen LogP contribution in [0.4, 0.5) is 10.1 Å². The second-order valence-electron chi connectivity index (χ2n) is 6.88. The summed E-state index contributed by atoms with van der Waals surface area (Å²) in [5.74, 6) is -1.80. The number of carbonyl (C=O) groups is 2. The lowest BCUT2D eigenvalue weighted by Crippen LogP contribution is -3.10. The number of aromatic nitrogens is 3. The summed E-state index contributed by atoms with van der Waals surface area (Å²) in [7, 11) is 1.95. The Balaban J connectivity index is 1.51. The third kappa shape index (κ3) is 3.07. The lowest BCUT2D eigenvalue weighted by atomic mass is 10.1. The van der Waals surface area contributed by atoms with E-state index in [0.29, 0.717) is 12.4 Å². The van der Waals surface area contributed by atoms with Crippen molar-refractivity contribution in [1.82, 2.24) is 14.8 Å². The number of fused-ring (bicyclic) bond motifs is 1. The molecule has 0 aliphatic carbocycles. The average Bonchev–Trinajstić information content (AvgIpc) is 3.32. The predicted octanol–water partition coefficient (Wildman–Crippen LogP) is 1.17. The highest BCUT2D eigenvalue weighted by Gasteiger charge is 2.38. The number of benzene rings is 2. The topological polar surface area (TPSA) is 72.5 Å². The molecule has 1 amide bonds. The lowest BCUT2D eigenvalue weighted by Gasteiger charge is -2.26. The van der Waals surface area contributed by atoms with Crippen LogP contribution in [-0.2, 0) is 4.79 Å². The van der Waals surface area contributed by atoms with Crippen LogP contribution in [0.2, 0.25) is 0 Å². The number of amides is 1. The van der Waals surface area contributed by atoms with E-state index in [1.165, 1.54) is 23.4 Å². The van der Waals surface area contributed by atoms with Gasteiger partial charge in [-0.2, -0.15) is 5.10 Å². The van der Waals surface area contributed by atoms with Gasteiger partial charge in [0.1, 0.15) is 24.5 Å². The minimum atomic E-state index is -0.660. The second kappa shape index (κ2) is 6.97. The number of nitrogens with zero attached hydrogens (tertiary/aromatic N) is 4. The maximum Gasteiger partial charge on any atom is 0.303 e. The summed E-state index contributed by atoms with van der Waals surface area (Å²) < 4.78 is 15.1. The standard InChI is InChI=1S/C20H18FN5O2/c1-13(14-3-6-16(7-4-14)26-11-22-10-23-26)24(2)12-25-18-8-5-15(21)9-17(18)19(27)20(25)28/h3-11,13H,12H2,1-2H3/p+1/t13-/m0/s1. The summed E-state index contributed by atoms with van der Waals surface area (Å²) in [5, 5.41) is 4.11. The SMILES string of the molecule is C[C@@H](c1ccc(-n2cncn2)cc1)[NH+](C)CN1C(=O)C(=O)c2cc(F)ccc21. The molecule has 28 heavy (non-hydrogen) atoms. The molecule has 0 bridgehead atoms. The molecule has 1 aliphatic rings. The van der Waals surface area contributed by atoms with Gasteiger partial charge in [-0.05, 0) is 37.3 Å². The van der Waals surface area contributed by atoms with E-state index >= 15 is 0 Å². The largest absolute Gasteiger partial charge is 0.314 e. The first-order chi connectivity index (χ1) is 13.5. The van der Waals surface area contributed by atoms with Gasteiger partial charge in [0.15, 0.2) is 6.67 Å². The number of rotatable bonds is 5. The average molecular weight is 380 g/mol. The molecule has 1 unspecified atom stereocenters. The van der Waals surface area contributed by atoms with Crippen molar-refractivity contribution in [2.45, 2.75) is 13.0 Å². The maximum atomic E-state index is 13.4. The van der Waals surface area contributed by atoms with Crippen molar-refractivity contribution < 1.29 is 18.9 Å². The summed E-state index contributed by atoms with van der Waals surface area (Å²) in [5.41, 5.74) is 2.58. The number of nitrogens with one attached hydrogen (secondary N) is 1. The fourth-order valence-electron chi connectivity index (χ4n) is 3.36. The molecular formula is C20H19FN5O2+. The van der Waals surface area contributed by atoms with Gasteiger partial charge in [-0.15, -0.1) is 0 Å². The van der Waals surface area contributed by atoms with Crippen LogP contribution < -0.4 is 9.80 Å². The molecule has 0 spiro atoms. The molecule has 0 saturated carbocycles. The fraction of sp³-hybridized carbons (Fsp3) is 0.200. The van der Waals surface area contributed by atoms with Crippen LogP contribution in [0.3, 0.4) is 0 Å². The van der Waals surface area contributed by atoms with Gasteiger partial charge in [0, 0.05) is 5.56 Å². The lowest BCUT2D eigenvalue weighted by molar-refractivity contribution is -0.909. The Kier molecular flexibility index (Phi) is 4.48. The maximum absolute atomic E-state index is 13.4. The van der Waals surface area contributed by atoms with Gasteiger partial charge in [0.2, 0.25) is 0 Å². The quantitative estimate of drug-likeness (QED) is 0.675. The van der Waals surface area contributed by atoms with E-state index in [9.17, 15) is 14.0 Å². The summed E-state index contributed by atoms with van der Waals surface area (Å²) in [6, 6.07) is 11.9. The van der Waals surface area contributed by atoms with Crippen LogP contribution in [0.15, 0.2) is 55.1 Å². The zero-order valence-electron chi connectivity index (χ0n) is 15.5. The summed E-state index contributed by atoms with van der Waals surface area (Å²) in [4.78, 5) is 30.9. The Morgan fingerprint density at radius 2 is 1.89 bits per heavy atom. The van der Waals surface area contributed by atoms with E-state index in [-0.39, 0.29) is 11.6 Å². The highest BCUT2D eigenvalue weighted by molar-refractivity contribution is 6.52. The zero-order valence-corrected chi connectivity index (χ0v) is 15.5. The van der Waals surface area contributed by atoms with Gasteiger partial charge < -0.3 is 4.90 Å². The second-order valence-corrected chi connectivity index (χ2v) is 6.88. The number of hydrogen-bond donors (Lipinski definition) is 1. The number of Topliss-reactive ketones (excluding diaryl/α,β-unsaturated/α-hetero) is 1. The minimum Gasteiger partial charge on any atom is -0.314 e. The first kappa shape index (κ1) is 18.0. The molecule has 0 saturated heterocycles. The summed E-state index contributed by atoms with van der Waals surface area (Å²) in [6.07, 6.45) is 3.11. The van der Waals surface area contributed by atoms with Crippen molar-refractivity contribution in [2.75, 3.05) is 18.6 Å². The van der Waals surface area contributed by atoms with Crippen LogP contribution in [0.25, 0.3) is 5.69 Å². The molecule has 1 aliphatic heterocycles. The zero-order chi connectivity index (χ0) is 19.8. The van der Waals surface area contributed by atoms with E-state index in [1.807, 2.05) is 38.2 Å². The first-order valence-corrected chi connectivity index (χ1v) is 8.88. The molecule has 142 valence electrons. The number of halogens is 1. The Labute approximate surface area is 161 Å². The minimum absolute atomic E-state index is 0.0668. The van der Waals surface area contributed by atoms with E-state index in [0.717, 1.165) is 22.2 Å². The molecular weight excluding hydrogens is 361 g/mol. The molecule has 1 N–H and O–H groups in total. The van der Waals surface area contributed by atoms with Gasteiger partial charge in [-0.3, -0.25) is 14.5 Å². The number of hydrogen-bond acceptors (Lipinski definition) is 4. The third-order valence-electron chi connectivity index (χ3n) is 5.16. The molecule has 2 atom stereocenters. The van der Waals surface area contributed by atoms with E-state index < -0.39 is 17.5 Å².